The molecule has 1 aliphatic rings. The molecule has 0 heterocycles. The summed E-state index contributed by atoms with van der Waals surface area (Å²) in [6.07, 6.45) is 5.98. The third kappa shape index (κ3) is 2.28. The maximum Gasteiger partial charge on any atom is 0.148 e. The summed E-state index contributed by atoms with van der Waals surface area (Å²) in [6.45, 7) is 10.5. The van der Waals surface area contributed by atoms with Gasteiger partial charge in [0, 0.05) is 0 Å². The summed E-state index contributed by atoms with van der Waals surface area (Å²) in [7, 11) is 0. The highest BCUT2D eigenvalue weighted by molar-refractivity contribution is 6.63. The Hall–Kier alpha value is 0.0649. The monoisotopic (exact) mass is 166 g/mol. The maximum atomic E-state index is 2.39. The fourth-order valence-electron chi connectivity index (χ4n) is 3.20. The van der Waals surface area contributed by atoms with E-state index in [0.29, 0.717) is 0 Å². The van der Waals surface area contributed by atoms with Crippen LogP contribution in [0.2, 0.25) is 17.5 Å². The summed E-state index contributed by atoms with van der Waals surface area (Å²) in [5.41, 5.74) is 0. The Kier molecular flexibility index (Phi) is 3.67. The lowest BCUT2D eigenvalue weighted by atomic mass is 9.29. The van der Waals surface area contributed by atoms with Crippen molar-refractivity contribution in [3.05, 3.63) is 0 Å². The van der Waals surface area contributed by atoms with Crippen molar-refractivity contribution in [2.24, 2.45) is 0 Å². The zero-order valence-corrected chi connectivity index (χ0v) is 9.14. The Morgan fingerprint density at radius 1 is 0.917 bits per heavy atom. The molecule has 1 fully saturated rings. The van der Waals surface area contributed by atoms with Crippen molar-refractivity contribution in [2.75, 3.05) is 0 Å². The Morgan fingerprint density at radius 2 is 1.33 bits per heavy atom. The smallest absolute Gasteiger partial charge is 0.0693 e. The molecule has 0 aromatic heterocycles. The van der Waals surface area contributed by atoms with Crippen LogP contribution < -0.4 is 0 Å². The van der Waals surface area contributed by atoms with Crippen molar-refractivity contribution >= 4 is 6.71 Å². The van der Waals surface area contributed by atoms with Gasteiger partial charge in [0.25, 0.3) is 0 Å². The fourth-order valence-corrected chi connectivity index (χ4v) is 3.20. The normalized spacial score (nSPS) is 19.5. The molecule has 0 unspecified atom stereocenters. The molecule has 0 nitrogen and oxygen atoms in total. The molecule has 1 rings (SSSR count). The van der Waals surface area contributed by atoms with E-state index in [4.69, 9.17) is 0 Å². The average molecular weight is 166 g/mol. The highest BCUT2D eigenvalue weighted by Crippen LogP contribution is 2.40. The van der Waals surface area contributed by atoms with Crippen molar-refractivity contribution in [3.8, 4) is 0 Å². The first-order chi connectivity index (χ1) is 5.63. The van der Waals surface area contributed by atoms with Gasteiger partial charge in [-0.1, -0.05) is 70.8 Å². The van der Waals surface area contributed by atoms with Gasteiger partial charge in [0.05, 0.1) is 0 Å². The zero-order chi connectivity index (χ0) is 9.14. The average Bonchev–Trinajstić information content (AvgIpc) is 2.37. The van der Waals surface area contributed by atoms with E-state index in [-0.39, 0.29) is 0 Å². The van der Waals surface area contributed by atoms with Crippen molar-refractivity contribution < 1.29 is 0 Å². The Labute approximate surface area is 78.2 Å². The third-order valence-corrected chi connectivity index (χ3v) is 3.48. The Morgan fingerprint density at radius 3 is 1.67 bits per heavy atom. The first kappa shape index (κ1) is 10.1. The minimum atomic E-state index is 0.882. The van der Waals surface area contributed by atoms with Crippen molar-refractivity contribution in [3.63, 3.8) is 0 Å². The Bertz CT molecular complexity index is 115. The van der Waals surface area contributed by atoms with Crippen LogP contribution in [0, 0.1) is 0 Å². The lowest BCUT2D eigenvalue weighted by Gasteiger charge is -2.27. The summed E-state index contributed by atoms with van der Waals surface area (Å²) in [5.74, 6) is 2.81. The highest BCUT2D eigenvalue weighted by Gasteiger charge is 2.32. The van der Waals surface area contributed by atoms with Crippen LogP contribution in [0.25, 0.3) is 0 Å². The van der Waals surface area contributed by atoms with Gasteiger partial charge < -0.3 is 0 Å². The van der Waals surface area contributed by atoms with Crippen LogP contribution in [0.4, 0.5) is 0 Å². The Balaban J connectivity index is 2.52. The van der Waals surface area contributed by atoms with Gasteiger partial charge in [-0.2, -0.15) is 0 Å². The van der Waals surface area contributed by atoms with E-state index in [1.807, 2.05) is 0 Å². The second-order valence-corrected chi connectivity index (χ2v) is 5.11. The molecule has 12 heavy (non-hydrogen) atoms. The summed E-state index contributed by atoms with van der Waals surface area (Å²) in [6, 6.07) is 0. The molecule has 0 bridgehead atoms. The second kappa shape index (κ2) is 4.34. The van der Waals surface area contributed by atoms with Crippen LogP contribution in [-0.2, 0) is 0 Å². The molecule has 0 radical (unpaired) electrons. The molecule has 0 N–H and O–H groups in total. The summed E-state index contributed by atoms with van der Waals surface area (Å²) in [4.78, 5) is 0. The molecule has 0 aliphatic heterocycles. The molecule has 0 aromatic rings. The first-order valence-corrected chi connectivity index (χ1v) is 5.63. The highest BCUT2D eigenvalue weighted by atomic mass is 14.2. The SMILES string of the molecule is CC(C)B(C(C)C)C1CCCC1. The third-order valence-electron chi connectivity index (χ3n) is 3.48. The lowest BCUT2D eigenvalue weighted by molar-refractivity contribution is 0.783. The largest absolute Gasteiger partial charge is 0.148 e. The summed E-state index contributed by atoms with van der Waals surface area (Å²) in [5, 5.41) is 0. The quantitative estimate of drug-likeness (QED) is 0.550. The van der Waals surface area contributed by atoms with E-state index < -0.39 is 0 Å². The molecular weight excluding hydrogens is 143 g/mol. The van der Waals surface area contributed by atoms with Gasteiger partial charge in [-0.25, -0.2) is 0 Å². The van der Waals surface area contributed by atoms with E-state index >= 15 is 0 Å². The van der Waals surface area contributed by atoms with E-state index in [9.17, 15) is 0 Å². The second-order valence-electron chi connectivity index (χ2n) is 5.11. The summed E-state index contributed by atoms with van der Waals surface area (Å²) < 4.78 is 0. The van der Waals surface area contributed by atoms with Crippen molar-refractivity contribution in [1.82, 2.24) is 0 Å². The zero-order valence-electron chi connectivity index (χ0n) is 9.14. The standard InChI is InChI=1S/C11H23B/c1-9(2)12(10(3)4)11-7-5-6-8-11/h9-11H,5-8H2,1-4H3. The van der Waals surface area contributed by atoms with Gasteiger partial charge in [0.1, 0.15) is 6.71 Å². The molecular formula is C11H23B. The predicted molar refractivity (Wildman–Crippen MR) is 58.2 cm³/mol. The van der Waals surface area contributed by atoms with Crippen molar-refractivity contribution in [1.29, 1.82) is 0 Å². The first-order valence-electron chi connectivity index (χ1n) is 5.63. The van der Waals surface area contributed by atoms with Gasteiger partial charge in [-0.05, 0) is 0 Å². The van der Waals surface area contributed by atoms with Crippen LogP contribution >= 0.6 is 0 Å². The molecule has 70 valence electrons. The number of rotatable bonds is 3. The maximum absolute atomic E-state index is 2.39. The lowest BCUT2D eigenvalue weighted by Crippen LogP contribution is -2.26. The molecule has 0 saturated heterocycles. The minimum Gasteiger partial charge on any atom is -0.0693 e. The predicted octanol–water partition coefficient (Wildman–Crippen LogP) is 4.25. The molecule has 0 aromatic carbocycles. The van der Waals surface area contributed by atoms with Gasteiger partial charge in [-0.3, -0.25) is 0 Å². The van der Waals surface area contributed by atoms with E-state index in [0.717, 1.165) is 24.2 Å². The summed E-state index contributed by atoms with van der Waals surface area (Å²) >= 11 is 0. The van der Waals surface area contributed by atoms with E-state index in [1.54, 1.807) is 0 Å². The van der Waals surface area contributed by atoms with E-state index in [1.165, 1.54) is 25.7 Å². The van der Waals surface area contributed by atoms with Crippen LogP contribution in [0.15, 0.2) is 0 Å². The van der Waals surface area contributed by atoms with Gasteiger partial charge in [0.15, 0.2) is 0 Å². The van der Waals surface area contributed by atoms with Crippen LogP contribution in [0.1, 0.15) is 53.4 Å². The van der Waals surface area contributed by atoms with E-state index in [2.05, 4.69) is 27.7 Å². The minimum absolute atomic E-state index is 0.882. The van der Waals surface area contributed by atoms with Crippen LogP contribution in [-0.4, -0.2) is 6.71 Å². The van der Waals surface area contributed by atoms with Crippen molar-refractivity contribution in [2.45, 2.75) is 70.8 Å². The van der Waals surface area contributed by atoms with Crippen LogP contribution in [0.3, 0.4) is 0 Å². The van der Waals surface area contributed by atoms with Gasteiger partial charge in [-0.15, -0.1) is 0 Å². The van der Waals surface area contributed by atoms with Crippen LogP contribution in [0.5, 0.6) is 0 Å². The number of hydrogen-bond donors (Lipinski definition) is 0. The fraction of sp³-hybridized carbons (Fsp3) is 1.00. The molecule has 0 amide bonds. The van der Waals surface area contributed by atoms with Gasteiger partial charge in [0.2, 0.25) is 0 Å². The molecule has 1 heteroatoms. The molecule has 1 saturated carbocycles. The topological polar surface area (TPSA) is 0 Å². The van der Waals surface area contributed by atoms with Gasteiger partial charge >= 0.3 is 0 Å². The molecule has 0 atom stereocenters. The molecule has 0 spiro atoms. The molecule has 1 aliphatic carbocycles. The number of hydrogen-bond acceptors (Lipinski definition) is 0.